The number of nitrogens with zero attached hydrogens (tertiary/aromatic N) is 6. The van der Waals surface area contributed by atoms with Crippen molar-refractivity contribution in [3.63, 3.8) is 0 Å². The zero-order chi connectivity index (χ0) is 29.3. The zero-order valence-corrected chi connectivity index (χ0v) is 27.1. The summed E-state index contributed by atoms with van der Waals surface area (Å²) >= 11 is 0. The molecule has 3 aromatic carbocycles. The first-order valence-electron chi connectivity index (χ1n) is 14.2. The molecule has 0 unspecified atom stereocenters. The molecule has 0 amide bonds. The van der Waals surface area contributed by atoms with E-state index in [2.05, 4.69) is 107 Å². The Balaban J connectivity index is 0.00000264. The maximum atomic E-state index is 4.74. The lowest BCUT2D eigenvalue weighted by Gasteiger charge is -2.14. The highest BCUT2D eigenvalue weighted by Crippen LogP contribution is 2.14. The molecule has 6 nitrogen and oxygen atoms in total. The van der Waals surface area contributed by atoms with Crippen molar-refractivity contribution in [3.8, 4) is 0 Å². The molecule has 0 atom stereocenters. The van der Waals surface area contributed by atoms with Crippen LogP contribution in [0.3, 0.4) is 0 Å². The molecule has 8 heteroatoms. The second kappa shape index (κ2) is 16.4. The fraction of sp³-hybridized carbons (Fsp3) is 0.167. The van der Waals surface area contributed by atoms with Crippen LogP contribution < -0.4 is 44.0 Å². The number of hydrogen-bond acceptors (Lipinski definition) is 4. The van der Waals surface area contributed by atoms with Crippen molar-refractivity contribution in [2.24, 2.45) is 10.2 Å². The van der Waals surface area contributed by atoms with Crippen LogP contribution in [0.4, 0.5) is 11.4 Å². The fourth-order valence-corrected chi connectivity index (χ4v) is 4.75. The quantitative estimate of drug-likeness (QED) is 0.126. The molecule has 226 valence electrons. The number of pyridine rings is 2. The van der Waals surface area contributed by atoms with Gasteiger partial charge >= 0.3 is 0 Å². The van der Waals surface area contributed by atoms with E-state index in [1.54, 1.807) is 0 Å². The van der Waals surface area contributed by atoms with Gasteiger partial charge in [-0.2, -0.15) is 10.2 Å². The van der Waals surface area contributed by atoms with Gasteiger partial charge in [-0.3, -0.25) is 10.0 Å². The van der Waals surface area contributed by atoms with Crippen LogP contribution in [-0.2, 0) is 13.1 Å². The van der Waals surface area contributed by atoms with Crippen molar-refractivity contribution in [1.29, 1.82) is 0 Å². The first-order valence-corrected chi connectivity index (χ1v) is 14.2. The molecule has 0 bridgehead atoms. The van der Waals surface area contributed by atoms with E-state index in [0.717, 1.165) is 47.0 Å². The molecule has 44 heavy (non-hydrogen) atoms. The summed E-state index contributed by atoms with van der Waals surface area (Å²) in [6.45, 7) is 5.72. The van der Waals surface area contributed by atoms with Crippen LogP contribution >= 0.6 is 0 Å². The highest BCUT2D eigenvalue weighted by molar-refractivity contribution is 5.99. The number of rotatable bonds is 10. The Kier molecular flexibility index (Phi) is 12.6. The lowest BCUT2D eigenvalue weighted by molar-refractivity contribution is -0.689. The van der Waals surface area contributed by atoms with Crippen molar-refractivity contribution in [2.75, 3.05) is 24.1 Å². The van der Waals surface area contributed by atoms with Crippen molar-refractivity contribution in [3.05, 3.63) is 156 Å². The average Bonchev–Trinajstić information content (AvgIpc) is 3.03. The van der Waals surface area contributed by atoms with Gasteiger partial charge in [-0.05, 0) is 38.1 Å². The number of anilines is 2. The fourth-order valence-electron chi connectivity index (χ4n) is 4.75. The van der Waals surface area contributed by atoms with Gasteiger partial charge in [-0.1, -0.05) is 60.7 Å². The number of aromatic nitrogens is 2. The highest BCUT2D eigenvalue weighted by atomic mass is 35.5. The van der Waals surface area contributed by atoms with Crippen molar-refractivity contribution >= 4 is 22.8 Å². The van der Waals surface area contributed by atoms with E-state index in [0.29, 0.717) is 0 Å². The van der Waals surface area contributed by atoms with Crippen LogP contribution in [0, 0.1) is 0 Å². The van der Waals surface area contributed by atoms with Gasteiger partial charge in [0.25, 0.3) is 0 Å². The molecule has 0 radical (unpaired) electrons. The summed E-state index contributed by atoms with van der Waals surface area (Å²) in [5.74, 6) is 0. The molecule has 5 aromatic rings. The molecule has 0 aliphatic carbocycles. The summed E-state index contributed by atoms with van der Waals surface area (Å²) in [6, 6.07) is 37.7. The van der Waals surface area contributed by atoms with Gasteiger partial charge in [-0.15, -0.1) is 0 Å². The van der Waals surface area contributed by atoms with Crippen LogP contribution in [0.25, 0.3) is 0 Å². The minimum Gasteiger partial charge on any atom is -1.00 e. The van der Waals surface area contributed by atoms with E-state index in [4.69, 9.17) is 10.2 Å². The Morgan fingerprint density at radius 2 is 0.818 bits per heavy atom. The smallest absolute Gasteiger partial charge is 0.173 e. The van der Waals surface area contributed by atoms with Gasteiger partial charge in [0.1, 0.15) is 0 Å². The van der Waals surface area contributed by atoms with E-state index < -0.39 is 0 Å². The van der Waals surface area contributed by atoms with Gasteiger partial charge in [0, 0.05) is 60.6 Å². The number of halogens is 2. The van der Waals surface area contributed by atoms with Crippen LogP contribution in [0.1, 0.15) is 36.1 Å². The maximum absolute atomic E-state index is 4.74. The topological polar surface area (TPSA) is 39.0 Å². The Hall–Kier alpha value is -4.52. The third-order valence-electron chi connectivity index (χ3n) is 7.23. The molecule has 0 saturated carbocycles. The molecule has 0 saturated heterocycles. The van der Waals surface area contributed by atoms with Crippen LogP contribution in [0.15, 0.2) is 144 Å². The standard InChI is InChI=1S/C36H38N6.2ClH/c1-29(37-39(3)35-11-7-5-8-12-35)33-19-23-41(24-20-33)27-31-15-17-32(18-16-31)28-42-25-21-34(22-26-42)30(2)38-40(4)36-13-9-6-10-14-36;;/h5-26H,27-28H2,1-4H3;2*1H/q+2;;/p-2. The van der Waals surface area contributed by atoms with Gasteiger partial charge in [-0.25, -0.2) is 9.13 Å². The summed E-state index contributed by atoms with van der Waals surface area (Å²) in [7, 11) is 3.95. The summed E-state index contributed by atoms with van der Waals surface area (Å²) in [6.07, 6.45) is 8.46. The first-order chi connectivity index (χ1) is 20.4. The van der Waals surface area contributed by atoms with E-state index >= 15 is 0 Å². The van der Waals surface area contributed by atoms with Crippen molar-refractivity contribution in [2.45, 2.75) is 26.9 Å². The molecule has 0 fully saturated rings. The molecule has 2 heterocycles. The summed E-state index contributed by atoms with van der Waals surface area (Å²) in [5, 5.41) is 13.3. The molecular formula is C36H38Cl2N6. The summed E-state index contributed by atoms with van der Waals surface area (Å²) in [4.78, 5) is 0. The Morgan fingerprint density at radius 3 is 1.14 bits per heavy atom. The minimum absolute atomic E-state index is 0. The Bertz CT molecular complexity index is 1510. The van der Waals surface area contributed by atoms with Gasteiger partial charge < -0.3 is 24.8 Å². The monoisotopic (exact) mass is 624 g/mol. The number of benzene rings is 3. The number of hydrazone groups is 2. The Labute approximate surface area is 273 Å². The summed E-state index contributed by atoms with van der Waals surface area (Å²) < 4.78 is 4.39. The van der Waals surface area contributed by atoms with Crippen molar-refractivity contribution < 1.29 is 33.9 Å². The number of para-hydroxylation sites is 2. The first kappa shape index (κ1) is 34.0. The van der Waals surface area contributed by atoms with Gasteiger partial charge in [0.2, 0.25) is 0 Å². The third-order valence-corrected chi connectivity index (χ3v) is 7.23. The molecule has 5 rings (SSSR count). The third kappa shape index (κ3) is 9.24. The molecule has 0 aliphatic heterocycles. The molecule has 0 N–H and O–H groups in total. The van der Waals surface area contributed by atoms with Gasteiger partial charge in [0.15, 0.2) is 37.9 Å². The molecular weight excluding hydrogens is 587 g/mol. The largest absolute Gasteiger partial charge is 1.00 e. The second-order valence-corrected chi connectivity index (χ2v) is 10.4. The number of hydrogen-bond donors (Lipinski definition) is 0. The zero-order valence-electron chi connectivity index (χ0n) is 25.6. The lowest BCUT2D eigenvalue weighted by Crippen LogP contribution is -3.00. The summed E-state index contributed by atoms with van der Waals surface area (Å²) in [5.41, 5.74) is 8.83. The molecule has 2 aromatic heterocycles. The van der Waals surface area contributed by atoms with E-state index in [1.165, 1.54) is 11.1 Å². The van der Waals surface area contributed by atoms with E-state index in [-0.39, 0.29) is 24.8 Å². The minimum atomic E-state index is 0. The van der Waals surface area contributed by atoms with Crippen LogP contribution in [-0.4, -0.2) is 25.5 Å². The van der Waals surface area contributed by atoms with E-state index in [9.17, 15) is 0 Å². The second-order valence-electron chi connectivity index (χ2n) is 10.4. The maximum Gasteiger partial charge on any atom is 0.173 e. The predicted octanol–water partition coefficient (Wildman–Crippen LogP) is 0.0870. The lowest BCUT2D eigenvalue weighted by atomic mass is 10.1. The SMILES string of the molecule is C/C(=N\N(C)c1ccccc1)c1cc[n+](Cc2ccc(C[n+]3ccc(/C(C)=N/N(C)c4ccccc4)cc3)cc2)cc1.[Cl-].[Cl-]. The normalized spacial score (nSPS) is 11.3. The van der Waals surface area contributed by atoms with Crippen LogP contribution in [0.2, 0.25) is 0 Å². The van der Waals surface area contributed by atoms with Gasteiger partial charge in [0.05, 0.1) is 22.8 Å². The average molecular weight is 626 g/mol. The highest BCUT2D eigenvalue weighted by Gasteiger charge is 2.09. The van der Waals surface area contributed by atoms with Crippen LogP contribution in [0.5, 0.6) is 0 Å². The molecule has 0 aliphatic rings. The van der Waals surface area contributed by atoms with Crippen molar-refractivity contribution in [1.82, 2.24) is 0 Å². The Morgan fingerprint density at radius 1 is 0.500 bits per heavy atom. The van der Waals surface area contributed by atoms with E-state index in [1.807, 2.05) is 74.4 Å². The molecule has 0 spiro atoms. The predicted molar refractivity (Wildman–Crippen MR) is 172 cm³/mol.